The maximum Gasteiger partial charge on any atom is 0.293 e. The molecule has 4 rings (SSSR count). The Bertz CT molecular complexity index is 364. The molecule has 0 spiro atoms. The average molecular weight is 356 g/mol. The van der Waals surface area contributed by atoms with E-state index in [4.69, 9.17) is 18.9 Å². The standard InChI is InChI=1S/C19H32O6/c20-15-24-6-5-22-2-1-21-3-4-23-7-8-25-19-12-16-9-17(13-19)11-18(10-16)14-19/h15-18H,1-14H2. The maximum atomic E-state index is 9.92. The molecule has 4 saturated carbocycles. The lowest BCUT2D eigenvalue weighted by atomic mass is 9.54. The number of hydrogen-bond acceptors (Lipinski definition) is 6. The van der Waals surface area contributed by atoms with Gasteiger partial charge in [-0.05, 0) is 56.3 Å². The molecule has 0 N–H and O–H groups in total. The van der Waals surface area contributed by atoms with Crippen LogP contribution in [0.4, 0.5) is 0 Å². The summed E-state index contributed by atoms with van der Waals surface area (Å²) in [4.78, 5) is 9.92. The van der Waals surface area contributed by atoms with E-state index in [1.807, 2.05) is 0 Å². The van der Waals surface area contributed by atoms with Crippen molar-refractivity contribution >= 4 is 6.47 Å². The van der Waals surface area contributed by atoms with Crippen LogP contribution in [0, 0.1) is 17.8 Å². The predicted molar refractivity (Wildman–Crippen MR) is 91.3 cm³/mol. The zero-order valence-electron chi connectivity index (χ0n) is 15.2. The van der Waals surface area contributed by atoms with E-state index in [0.29, 0.717) is 52.7 Å². The summed E-state index contributed by atoms with van der Waals surface area (Å²) in [6.45, 7) is 4.62. The predicted octanol–water partition coefficient (Wildman–Crippen LogP) is 2.19. The molecule has 4 aliphatic rings. The molecule has 6 heteroatoms. The van der Waals surface area contributed by atoms with Crippen LogP contribution in [0.15, 0.2) is 0 Å². The van der Waals surface area contributed by atoms with Crippen LogP contribution >= 0.6 is 0 Å². The molecular weight excluding hydrogens is 324 g/mol. The summed E-state index contributed by atoms with van der Waals surface area (Å²) in [5.74, 6) is 2.77. The van der Waals surface area contributed by atoms with Crippen LogP contribution in [-0.4, -0.2) is 64.9 Å². The fraction of sp³-hybridized carbons (Fsp3) is 0.947. The summed E-state index contributed by atoms with van der Waals surface area (Å²) in [5.41, 5.74) is 0.180. The van der Waals surface area contributed by atoms with Crippen molar-refractivity contribution in [2.45, 2.75) is 44.1 Å². The summed E-state index contributed by atoms with van der Waals surface area (Å²) < 4.78 is 27.1. The van der Waals surface area contributed by atoms with Gasteiger partial charge in [0.05, 0.1) is 51.8 Å². The Balaban J connectivity index is 1.13. The second-order valence-electron chi connectivity index (χ2n) is 7.75. The van der Waals surface area contributed by atoms with Crippen molar-refractivity contribution in [3.63, 3.8) is 0 Å². The van der Waals surface area contributed by atoms with Crippen LogP contribution in [0.25, 0.3) is 0 Å². The van der Waals surface area contributed by atoms with Crippen LogP contribution in [0.1, 0.15) is 38.5 Å². The minimum atomic E-state index is 0.180. The molecule has 0 atom stereocenters. The van der Waals surface area contributed by atoms with Gasteiger partial charge in [-0.15, -0.1) is 0 Å². The van der Waals surface area contributed by atoms with Gasteiger partial charge < -0.3 is 23.7 Å². The molecule has 0 aromatic rings. The Morgan fingerprint density at radius 3 is 1.60 bits per heavy atom. The number of ether oxygens (including phenoxy) is 5. The Kier molecular flexibility index (Phi) is 7.52. The fourth-order valence-electron chi connectivity index (χ4n) is 5.22. The minimum Gasteiger partial charge on any atom is -0.465 e. The summed E-state index contributed by atoms with van der Waals surface area (Å²) in [6, 6.07) is 0. The second kappa shape index (κ2) is 9.86. The Morgan fingerprint density at radius 2 is 1.12 bits per heavy atom. The van der Waals surface area contributed by atoms with E-state index in [1.165, 1.54) is 38.5 Å². The number of carbonyl (C=O) groups is 1. The Labute approximate surface area is 150 Å². The molecule has 0 saturated heterocycles. The summed E-state index contributed by atoms with van der Waals surface area (Å²) in [6.07, 6.45) is 8.18. The van der Waals surface area contributed by atoms with Crippen LogP contribution in [0.2, 0.25) is 0 Å². The monoisotopic (exact) mass is 356 g/mol. The first-order valence-corrected chi connectivity index (χ1v) is 9.72. The summed E-state index contributed by atoms with van der Waals surface area (Å²) >= 11 is 0. The lowest BCUT2D eigenvalue weighted by Crippen LogP contribution is -2.52. The lowest BCUT2D eigenvalue weighted by Gasteiger charge is -2.56. The largest absolute Gasteiger partial charge is 0.465 e. The zero-order valence-corrected chi connectivity index (χ0v) is 15.2. The SMILES string of the molecule is O=COCCOCCOCCOCCOC12CC3CC(CC(C3)C1)C2. The van der Waals surface area contributed by atoms with Crippen LogP contribution in [0.3, 0.4) is 0 Å². The first-order chi connectivity index (χ1) is 12.3. The van der Waals surface area contributed by atoms with Gasteiger partial charge in [-0.1, -0.05) is 0 Å². The highest BCUT2D eigenvalue weighted by molar-refractivity contribution is 5.36. The van der Waals surface area contributed by atoms with Gasteiger partial charge in [-0.3, -0.25) is 4.79 Å². The van der Waals surface area contributed by atoms with Crippen molar-refractivity contribution in [2.24, 2.45) is 17.8 Å². The molecule has 4 aliphatic carbocycles. The molecule has 0 aromatic heterocycles. The molecular formula is C19H32O6. The number of carbonyl (C=O) groups excluding carboxylic acids is 1. The topological polar surface area (TPSA) is 63.2 Å². The van der Waals surface area contributed by atoms with Gasteiger partial charge >= 0.3 is 0 Å². The third kappa shape index (κ3) is 5.91. The molecule has 0 aromatic carbocycles. The Hall–Kier alpha value is -0.690. The molecule has 4 bridgehead atoms. The Morgan fingerprint density at radius 1 is 0.680 bits per heavy atom. The van der Waals surface area contributed by atoms with E-state index in [1.54, 1.807) is 0 Å². The number of hydrogen-bond donors (Lipinski definition) is 0. The van der Waals surface area contributed by atoms with E-state index in [-0.39, 0.29) is 12.2 Å². The summed E-state index contributed by atoms with van der Waals surface area (Å²) in [7, 11) is 0. The van der Waals surface area contributed by atoms with Crippen molar-refractivity contribution in [1.29, 1.82) is 0 Å². The van der Waals surface area contributed by atoms with Gasteiger partial charge in [0.2, 0.25) is 0 Å². The highest BCUT2D eigenvalue weighted by Gasteiger charge is 2.51. The zero-order chi connectivity index (χ0) is 17.4. The summed E-state index contributed by atoms with van der Waals surface area (Å²) in [5, 5.41) is 0. The molecule has 144 valence electrons. The molecule has 6 nitrogen and oxygen atoms in total. The molecule has 0 heterocycles. The second-order valence-corrected chi connectivity index (χ2v) is 7.75. The molecule has 4 fully saturated rings. The third-order valence-electron chi connectivity index (χ3n) is 5.78. The van der Waals surface area contributed by atoms with Gasteiger partial charge in [0.25, 0.3) is 6.47 Å². The van der Waals surface area contributed by atoms with E-state index in [9.17, 15) is 4.79 Å². The van der Waals surface area contributed by atoms with Crippen molar-refractivity contribution < 1.29 is 28.5 Å². The normalized spacial score (nSPS) is 32.9. The molecule has 0 unspecified atom stereocenters. The van der Waals surface area contributed by atoms with Crippen LogP contribution in [0.5, 0.6) is 0 Å². The van der Waals surface area contributed by atoms with E-state index in [2.05, 4.69) is 4.74 Å². The highest BCUT2D eigenvalue weighted by atomic mass is 16.6. The number of rotatable bonds is 14. The first kappa shape index (κ1) is 19.1. The van der Waals surface area contributed by atoms with Crippen LogP contribution in [-0.2, 0) is 28.5 Å². The maximum absolute atomic E-state index is 9.92. The van der Waals surface area contributed by atoms with Gasteiger partial charge in [-0.25, -0.2) is 0 Å². The minimum absolute atomic E-state index is 0.180. The third-order valence-corrected chi connectivity index (χ3v) is 5.78. The van der Waals surface area contributed by atoms with Gasteiger partial charge in [-0.2, -0.15) is 0 Å². The smallest absolute Gasteiger partial charge is 0.293 e. The van der Waals surface area contributed by atoms with Gasteiger partial charge in [0, 0.05) is 0 Å². The lowest BCUT2D eigenvalue weighted by molar-refractivity contribution is -0.169. The van der Waals surface area contributed by atoms with E-state index in [0.717, 1.165) is 17.8 Å². The van der Waals surface area contributed by atoms with E-state index >= 15 is 0 Å². The highest BCUT2D eigenvalue weighted by Crippen LogP contribution is 2.57. The van der Waals surface area contributed by atoms with Gasteiger partial charge in [0.1, 0.15) is 6.61 Å². The van der Waals surface area contributed by atoms with Crippen molar-refractivity contribution in [3.8, 4) is 0 Å². The van der Waals surface area contributed by atoms with Crippen LogP contribution < -0.4 is 0 Å². The quantitative estimate of drug-likeness (QED) is 0.351. The van der Waals surface area contributed by atoms with Crippen molar-refractivity contribution in [3.05, 3.63) is 0 Å². The fourth-order valence-corrected chi connectivity index (χ4v) is 5.22. The van der Waals surface area contributed by atoms with Crippen molar-refractivity contribution in [2.75, 3.05) is 52.9 Å². The van der Waals surface area contributed by atoms with Gasteiger partial charge in [0.15, 0.2) is 0 Å². The van der Waals surface area contributed by atoms with Crippen molar-refractivity contribution in [1.82, 2.24) is 0 Å². The van der Waals surface area contributed by atoms with E-state index < -0.39 is 0 Å². The molecule has 25 heavy (non-hydrogen) atoms. The molecule has 0 radical (unpaired) electrons. The molecule has 0 aliphatic heterocycles. The molecule has 0 amide bonds. The first-order valence-electron chi connectivity index (χ1n) is 9.72. The average Bonchev–Trinajstić information content (AvgIpc) is 2.58.